The standard InChI is InChI=1S/C12H21ClN4/c1-3-17-11(12(13)9(2)15-17)8-16-6-4-5-10(14)7-16/h10H,3-8,14H2,1-2H3. The Bertz CT molecular complexity index is 388. The number of hydrogen-bond acceptors (Lipinski definition) is 3. The van der Waals surface area contributed by atoms with E-state index in [2.05, 4.69) is 16.9 Å². The van der Waals surface area contributed by atoms with Crippen molar-refractivity contribution in [1.29, 1.82) is 0 Å². The van der Waals surface area contributed by atoms with Crippen molar-refractivity contribution in [2.45, 2.75) is 45.8 Å². The van der Waals surface area contributed by atoms with Crippen molar-refractivity contribution < 1.29 is 0 Å². The number of aromatic nitrogens is 2. The van der Waals surface area contributed by atoms with E-state index in [1.165, 1.54) is 6.42 Å². The van der Waals surface area contributed by atoms with E-state index in [9.17, 15) is 0 Å². The molecule has 4 nitrogen and oxygen atoms in total. The zero-order chi connectivity index (χ0) is 12.4. The lowest BCUT2D eigenvalue weighted by Crippen LogP contribution is -2.42. The number of aryl methyl sites for hydroxylation is 2. The van der Waals surface area contributed by atoms with Gasteiger partial charge in [0.2, 0.25) is 0 Å². The molecule has 0 radical (unpaired) electrons. The Kier molecular flexibility index (Phi) is 4.07. The van der Waals surface area contributed by atoms with Crippen LogP contribution in [0.25, 0.3) is 0 Å². The smallest absolute Gasteiger partial charge is 0.0860 e. The highest BCUT2D eigenvalue weighted by Gasteiger charge is 2.20. The van der Waals surface area contributed by atoms with Crippen LogP contribution in [0.2, 0.25) is 5.02 Å². The molecule has 2 N–H and O–H groups in total. The van der Waals surface area contributed by atoms with Crippen molar-refractivity contribution in [2.24, 2.45) is 5.73 Å². The summed E-state index contributed by atoms with van der Waals surface area (Å²) in [6.07, 6.45) is 2.31. The molecule has 1 aliphatic heterocycles. The van der Waals surface area contributed by atoms with E-state index in [0.717, 1.165) is 49.0 Å². The lowest BCUT2D eigenvalue weighted by atomic mass is 10.1. The van der Waals surface area contributed by atoms with Gasteiger partial charge < -0.3 is 5.73 Å². The number of rotatable bonds is 3. The first-order valence-electron chi connectivity index (χ1n) is 6.31. The maximum atomic E-state index is 6.31. The van der Waals surface area contributed by atoms with Gasteiger partial charge in [0.25, 0.3) is 0 Å². The van der Waals surface area contributed by atoms with Crippen molar-refractivity contribution in [2.75, 3.05) is 13.1 Å². The molecule has 96 valence electrons. The normalized spacial score (nSPS) is 22.0. The van der Waals surface area contributed by atoms with Crippen molar-refractivity contribution in [1.82, 2.24) is 14.7 Å². The van der Waals surface area contributed by atoms with Crippen LogP contribution in [0.4, 0.5) is 0 Å². The van der Waals surface area contributed by atoms with Crippen LogP contribution in [0.1, 0.15) is 31.2 Å². The summed E-state index contributed by atoms with van der Waals surface area (Å²) >= 11 is 6.31. The van der Waals surface area contributed by atoms with Gasteiger partial charge in [0.1, 0.15) is 0 Å². The molecule has 1 aromatic heterocycles. The molecule has 2 heterocycles. The minimum Gasteiger partial charge on any atom is -0.327 e. The molecule has 0 saturated carbocycles. The zero-order valence-electron chi connectivity index (χ0n) is 10.6. The molecule has 0 bridgehead atoms. The van der Waals surface area contributed by atoms with Crippen molar-refractivity contribution >= 4 is 11.6 Å². The van der Waals surface area contributed by atoms with Gasteiger partial charge >= 0.3 is 0 Å². The molecule has 1 fully saturated rings. The lowest BCUT2D eigenvalue weighted by Gasteiger charge is -2.30. The van der Waals surface area contributed by atoms with Gasteiger partial charge in [0.05, 0.1) is 16.4 Å². The van der Waals surface area contributed by atoms with Gasteiger partial charge in [-0.25, -0.2) is 0 Å². The van der Waals surface area contributed by atoms with E-state index in [-0.39, 0.29) is 0 Å². The molecule has 1 atom stereocenters. The third kappa shape index (κ3) is 2.81. The van der Waals surface area contributed by atoms with Gasteiger partial charge in [-0.05, 0) is 33.2 Å². The van der Waals surface area contributed by atoms with E-state index in [0.29, 0.717) is 6.04 Å². The summed E-state index contributed by atoms with van der Waals surface area (Å²) in [5.74, 6) is 0. The first kappa shape index (κ1) is 12.9. The molecule has 1 aromatic rings. The van der Waals surface area contributed by atoms with Gasteiger partial charge in [-0.2, -0.15) is 5.10 Å². The molecule has 17 heavy (non-hydrogen) atoms. The van der Waals surface area contributed by atoms with Crippen molar-refractivity contribution in [3.8, 4) is 0 Å². The van der Waals surface area contributed by atoms with Crippen LogP contribution >= 0.6 is 11.6 Å². The molecular formula is C12H21ClN4. The summed E-state index contributed by atoms with van der Waals surface area (Å²) in [5, 5.41) is 5.25. The van der Waals surface area contributed by atoms with E-state index in [4.69, 9.17) is 17.3 Å². The topological polar surface area (TPSA) is 47.1 Å². The number of piperidine rings is 1. The Balaban J connectivity index is 2.12. The van der Waals surface area contributed by atoms with Gasteiger partial charge in [0, 0.05) is 25.7 Å². The highest BCUT2D eigenvalue weighted by atomic mass is 35.5. The van der Waals surface area contributed by atoms with E-state index < -0.39 is 0 Å². The second-order valence-electron chi connectivity index (χ2n) is 4.80. The lowest BCUT2D eigenvalue weighted by molar-refractivity contribution is 0.196. The van der Waals surface area contributed by atoms with E-state index in [1.54, 1.807) is 0 Å². The molecular weight excluding hydrogens is 236 g/mol. The maximum absolute atomic E-state index is 6.31. The Morgan fingerprint density at radius 2 is 2.29 bits per heavy atom. The molecule has 0 aromatic carbocycles. The molecule has 0 aliphatic carbocycles. The quantitative estimate of drug-likeness (QED) is 0.897. The third-order valence-electron chi connectivity index (χ3n) is 3.37. The van der Waals surface area contributed by atoms with E-state index >= 15 is 0 Å². The van der Waals surface area contributed by atoms with Crippen LogP contribution in [0.3, 0.4) is 0 Å². The number of halogens is 1. The minimum atomic E-state index is 0.307. The second-order valence-corrected chi connectivity index (χ2v) is 5.18. The minimum absolute atomic E-state index is 0.307. The molecule has 1 saturated heterocycles. The average Bonchev–Trinajstić information content (AvgIpc) is 2.57. The maximum Gasteiger partial charge on any atom is 0.0860 e. The van der Waals surface area contributed by atoms with Gasteiger partial charge in [-0.3, -0.25) is 9.58 Å². The molecule has 0 amide bonds. The van der Waals surface area contributed by atoms with Crippen LogP contribution in [0.5, 0.6) is 0 Å². The van der Waals surface area contributed by atoms with Crippen LogP contribution in [0, 0.1) is 6.92 Å². The zero-order valence-corrected chi connectivity index (χ0v) is 11.4. The first-order valence-corrected chi connectivity index (χ1v) is 6.69. The van der Waals surface area contributed by atoms with Crippen molar-refractivity contribution in [3.63, 3.8) is 0 Å². The highest BCUT2D eigenvalue weighted by Crippen LogP contribution is 2.23. The Labute approximate surface area is 108 Å². The fourth-order valence-electron chi connectivity index (χ4n) is 2.47. The van der Waals surface area contributed by atoms with Crippen LogP contribution in [-0.4, -0.2) is 33.8 Å². The average molecular weight is 257 g/mol. The highest BCUT2D eigenvalue weighted by molar-refractivity contribution is 6.31. The summed E-state index contributed by atoms with van der Waals surface area (Å²) in [7, 11) is 0. The molecule has 1 unspecified atom stereocenters. The number of nitrogens with two attached hydrogens (primary N) is 1. The predicted molar refractivity (Wildman–Crippen MR) is 70.1 cm³/mol. The third-order valence-corrected chi connectivity index (χ3v) is 3.86. The summed E-state index contributed by atoms with van der Waals surface area (Å²) in [5.41, 5.74) is 8.04. The summed E-state index contributed by atoms with van der Waals surface area (Å²) in [4.78, 5) is 2.38. The Morgan fingerprint density at radius 3 is 2.94 bits per heavy atom. The van der Waals surface area contributed by atoms with Gasteiger partial charge in [-0.15, -0.1) is 0 Å². The predicted octanol–water partition coefficient (Wildman–Crippen LogP) is 1.79. The fraction of sp³-hybridized carbons (Fsp3) is 0.750. The first-order chi connectivity index (χ1) is 8.11. The molecule has 1 aliphatic rings. The summed E-state index contributed by atoms with van der Waals surface area (Å²) in [6.45, 7) is 7.85. The number of hydrogen-bond donors (Lipinski definition) is 1. The second kappa shape index (κ2) is 5.38. The number of likely N-dealkylation sites (tertiary alicyclic amines) is 1. The Hall–Kier alpha value is -0.580. The van der Waals surface area contributed by atoms with Crippen LogP contribution in [-0.2, 0) is 13.1 Å². The summed E-state index contributed by atoms with van der Waals surface area (Å²) < 4.78 is 2.00. The number of nitrogens with zero attached hydrogens (tertiary/aromatic N) is 3. The monoisotopic (exact) mass is 256 g/mol. The SMILES string of the molecule is CCn1nc(C)c(Cl)c1CN1CCCC(N)C1. The largest absolute Gasteiger partial charge is 0.327 e. The molecule has 2 rings (SSSR count). The molecule has 0 spiro atoms. The van der Waals surface area contributed by atoms with Gasteiger partial charge in [0.15, 0.2) is 0 Å². The van der Waals surface area contributed by atoms with Crippen LogP contribution < -0.4 is 5.73 Å². The summed E-state index contributed by atoms with van der Waals surface area (Å²) in [6, 6.07) is 0.307. The Morgan fingerprint density at radius 1 is 1.53 bits per heavy atom. The molecule has 5 heteroatoms. The van der Waals surface area contributed by atoms with E-state index in [1.807, 2.05) is 11.6 Å². The van der Waals surface area contributed by atoms with Crippen molar-refractivity contribution in [3.05, 3.63) is 16.4 Å². The fourth-order valence-corrected chi connectivity index (χ4v) is 2.66. The van der Waals surface area contributed by atoms with Gasteiger partial charge in [-0.1, -0.05) is 11.6 Å². The van der Waals surface area contributed by atoms with Crippen LogP contribution in [0.15, 0.2) is 0 Å².